The van der Waals surface area contributed by atoms with Crippen LogP contribution in [0.25, 0.3) is 0 Å². The molecule has 2 aliphatic rings. The zero-order valence-electron chi connectivity index (χ0n) is 10.9. The molecule has 0 saturated heterocycles. The van der Waals surface area contributed by atoms with Gasteiger partial charge < -0.3 is 4.74 Å². The summed E-state index contributed by atoms with van der Waals surface area (Å²) in [7, 11) is 0. The van der Waals surface area contributed by atoms with Gasteiger partial charge in [-0.15, -0.1) is 0 Å². The van der Waals surface area contributed by atoms with Crippen LogP contribution in [0.15, 0.2) is 0 Å². The summed E-state index contributed by atoms with van der Waals surface area (Å²) in [6.45, 7) is 2.64. The van der Waals surface area contributed by atoms with Crippen LogP contribution in [0.2, 0.25) is 0 Å². The number of hydrogen-bond acceptors (Lipinski definition) is 2. The minimum absolute atomic E-state index is 0.146. The van der Waals surface area contributed by atoms with E-state index in [1.54, 1.807) is 0 Å². The third-order valence-corrected chi connectivity index (χ3v) is 4.93. The Labute approximate surface area is 109 Å². The van der Waals surface area contributed by atoms with Gasteiger partial charge in [-0.2, -0.15) is 8.78 Å². The van der Waals surface area contributed by atoms with Crippen LogP contribution in [0.4, 0.5) is 17.6 Å². The van der Waals surface area contributed by atoms with E-state index >= 15 is 0 Å². The molecule has 110 valence electrons. The number of carbonyl (C=O) groups excluding carboxylic acids is 1. The molecule has 2 aliphatic carbocycles. The van der Waals surface area contributed by atoms with Gasteiger partial charge in [0.1, 0.15) is 0 Å². The molecule has 19 heavy (non-hydrogen) atoms. The Kier molecular flexibility index (Phi) is 3.80. The van der Waals surface area contributed by atoms with E-state index in [-0.39, 0.29) is 5.92 Å². The molecule has 0 N–H and O–H groups in total. The number of halogens is 4. The van der Waals surface area contributed by atoms with Crippen LogP contribution in [0.5, 0.6) is 0 Å². The van der Waals surface area contributed by atoms with Gasteiger partial charge in [-0.25, -0.2) is 8.78 Å². The summed E-state index contributed by atoms with van der Waals surface area (Å²) >= 11 is 0. The van der Waals surface area contributed by atoms with Crippen LogP contribution < -0.4 is 0 Å². The van der Waals surface area contributed by atoms with Crippen molar-refractivity contribution in [2.24, 2.45) is 29.6 Å². The number of carbonyl (C=O) groups is 1. The first-order chi connectivity index (χ1) is 8.74. The first-order valence-electron chi connectivity index (χ1n) is 6.56. The molecular weight excluding hydrogens is 264 g/mol. The van der Waals surface area contributed by atoms with Crippen LogP contribution in [0.3, 0.4) is 0 Å². The first-order valence-corrected chi connectivity index (χ1v) is 6.56. The zero-order valence-corrected chi connectivity index (χ0v) is 10.9. The second-order valence-electron chi connectivity index (χ2n) is 5.89. The highest BCUT2D eigenvalue weighted by atomic mass is 19.3. The Morgan fingerprint density at radius 1 is 1.26 bits per heavy atom. The van der Waals surface area contributed by atoms with Crippen molar-refractivity contribution in [2.75, 3.05) is 6.61 Å². The lowest BCUT2D eigenvalue weighted by atomic mass is 9.76. The predicted molar refractivity (Wildman–Crippen MR) is 59.9 cm³/mol. The number of ether oxygens (including phenoxy) is 1. The fourth-order valence-electron chi connectivity index (χ4n) is 3.55. The fourth-order valence-corrected chi connectivity index (χ4v) is 3.55. The number of rotatable bonds is 4. The van der Waals surface area contributed by atoms with E-state index < -0.39 is 30.8 Å². The minimum atomic E-state index is -4.26. The van der Waals surface area contributed by atoms with Crippen LogP contribution in [-0.2, 0) is 9.53 Å². The van der Waals surface area contributed by atoms with Crippen molar-refractivity contribution in [1.29, 1.82) is 0 Å². The van der Waals surface area contributed by atoms with E-state index in [1.165, 1.54) is 0 Å². The van der Waals surface area contributed by atoms with Crippen molar-refractivity contribution in [3.8, 4) is 0 Å². The highest BCUT2D eigenvalue weighted by molar-refractivity contribution is 5.73. The van der Waals surface area contributed by atoms with E-state index in [9.17, 15) is 22.4 Å². The van der Waals surface area contributed by atoms with Gasteiger partial charge in [0.05, 0.1) is 5.92 Å². The topological polar surface area (TPSA) is 26.3 Å². The van der Waals surface area contributed by atoms with E-state index in [0.29, 0.717) is 24.2 Å². The summed E-state index contributed by atoms with van der Waals surface area (Å²) in [6, 6.07) is 0. The second kappa shape index (κ2) is 4.94. The standard InChI is InChI=1S/C13H18F4O2/c1-6-7(2)9-3-8(6)4-10(9)11(18)19-5-13(16,17)12(14)15/h6-10,12H,3-5H2,1-2H3. The van der Waals surface area contributed by atoms with E-state index in [4.69, 9.17) is 0 Å². The van der Waals surface area contributed by atoms with Crippen LogP contribution in [0.1, 0.15) is 26.7 Å². The highest BCUT2D eigenvalue weighted by Crippen LogP contribution is 2.55. The highest BCUT2D eigenvalue weighted by Gasteiger charge is 2.52. The van der Waals surface area contributed by atoms with Crippen molar-refractivity contribution in [1.82, 2.24) is 0 Å². The molecule has 2 nitrogen and oxygen atoms in total. The maximum Gasteiger partial charge on any atom is 0.340 e. The van der Waals surface area contributed by atoms with Crippen molar-refractivity contribution >= 4 is 5.97 Å². The summed E-state index contributed by atoms with van der Waals surface area (Å²) in [6.07, 6.45) is -2.26. The molecule has 0 radical (unpaired) electrons. The first kappa shape index (κ1) is 14.6. The quantitative estimate of drug-likeness (QED) is 0.584. The molecular formula is C13H18F4O2. The number of hydrogen-bond donors (Lipinski definition) is 0. The van der Waals surface area contributed by atoms with E-state index in [1.807, 2.05) is 6.92 Å². The maximum absolute atomic E-state index is 12.7. The summed E-state index contributed by atoms with van der Waals surface area (Å²) in [5.41, 5.74) is 0. The number of alkyl halides is 4. The normalized spacial score (nSPS) is 37.9. The maximum atomic E-state index is 12.7. The second-order valence-corrected chi connectivity index (χ2v) is 5.89. The van der Waals surface area contributed by atoms with Gasteiger partial charge in [0.25, 0.3) is 0 Å². The van der Waals surface area contributed by atoms with Gasteiger partial charge >= 0.3 is 18.3 Å². The molecule has 0 aromatic rings. The molecule has 2 bridgehead atoms. The molecule has 0 aromatic carbocycles. The third-order valence-electron chi connectivity index (χ3n) is 4.93. The van der Waals surface area contributed by atoms with E-state index in [2.05, 4.69) is 11.7 Å². The van der Waals surface area contributed by atoms with Crippen LogP contribution in [0, 0.1) is 29.6 Å². The molecule has 2 saturated carbocycles. The summed E-state index contributed by atoms with van der Waals surface area (Å²) in [5.74, 6) is -3.95. The average molecular weight is 282 g/mol. The Balaban J connectivity index is 1.89. The van der Waals surface area contributed by atoms with Gasteiger partial charge in [0, 0.05) is 0 Å². The van der Waals surface area contributed by atoms with Crippen molar-refractivity contribution < 1.29 is 27.1 Å². The molecule has 0 amide bonds. The Morgan fingerprint density at radius 2 is 1.89 bits per heavy atom. The molecule has 0 aromatic heterocycles. The SMILES string of the molecule is CC1C2CC(C(=O)OCC(F)(F)C(F)F)C(C2)C1C. The largest absolute Gasteiger partial charge is 0.459 e. The number of fused-ring (bicyclic) bond motifs is 2. The van der Waals surface area contributed by atoms with Gasteiger partial charge in [-0.05, 0) is 36.5 Å². The Hall–Kier alpha value is -0.810. The summed E-state index contributed by atoms with van der Waals surface area (Å²) in [4.78, 5) is 11.8. The third kappa shape index (κ3) is 2.58. The molecule has 0 spiro atoms. The van der Waals surface area contributed by atoms with Gasteiger partial charge in [0.15, 0.2) is 6.61 Å². The lowest BCUT2D eigenvalue weighted by molar-refractivity contribution is -0.184. The molecule has 0 aliphatic heterocycles. The van der Waals surface area contributed by atoms with Crippen molar-refractivity contribution in [2.45, 2.75) is 39.0 Å². The Morgan fingerprint density at radius 3 is 2.37 bits per heavy atom. The van der Waals surface area contributed by atoms with Crippen LogP contribution in [-0.4, -0.2) is 24.9 Å². The van der Waals surface area contributed by atoms with Gasteiger partial charge in [-0.1, -0.05) is 13.8 Å². The molecule has 2 fully saturated rings. The monoisotopic (exact) mass is 282 g/mol. The van der Waals surface area contributed by atoms with Crippen molar-refractivity contribution in [3.63, 3.8) is 0 Å². The van der Waals surface area contributed by atoms with Crippen LogP contribution >= 0.6 is 0 Å². The molecule has 5 unspecified atom stereocenters. The number of esters is 1. The molecule has 0 heterocycles. The van der Waals surface area contributed by atoms with Gasteiger partial charge in [-0.3, -0.25) is 4.79 Å². The summed E-state index contributed by atoms with van der Waals surface area (Å²) < 4.78 is 53.7. The van der Waals surface area contributed by atoms with Gasteiger partial charge in [0.2, 0.25) is 0 Å². The van der Waals surface area contributed by atoms with Crippen molar-refractivity contribution in [3.05, 3.63) is 0 Å². The van der Waals surface area contributed by atoms with E-state index in [0.717, 1.165) is 6.42 Å². The molecule has 6 heteroatoms. The lowest BCUT2D eigenvalue weighted by Gasteiger charge is -2.30. The minimum Gasteiger partial charge on any atom is -0.459 e. The molecule has 2 rings (SSSR count). The fraction of sp³-hybridized carbons (Fsp3) is 0.923. The summed E-state index contributed by atoms with van der Waals surface area (Å²) in [5, 5.41) is 0. The average Bonchev–Trinajstić information content (AvgIpc) is 2.88. The lowest BCUT2D eigenvalue weighted by Crippen LogP contribution is -2.37. The predicted octanol–water partition coefficient (Wildman–Crippen LogP) is 3.36. The zero-order chi connectivity index (χ0) is 14.4. The Bertz CT molecular complexity index is 357. The molecule has 5 atom stereocenters. The smallest absolute Gasteiger partial charge is 0.340 e.